The average Bonchev–Trinajstić information content (AvgIpc) is 2.21. The first-order chi connectivity index (χ1) is 6.83. The predicted molar refractivity (Wildman–Crippen MR) is 55.2 cm³/mol. The van der Waals surface area contributed by atoms with Crippen LogP contribution in [0.2, 0.25) is 0 Å². The smallest absolute Gasteiger partial charge is 0.155 e. The zero-order chi connectivity index (χ0) is 10.2. The van der Waals surface area contributed by atoms with Crippen LogP contribution in [0.4, 0.5) is 0 Å². The molecule has 84 valence electrons. The van der Waals surface area contributed by atoms with Gasteiger partial charge in [-0.15, -0.1) is 0 Å². The second-order valence-corrected chi connectivity index (χ2v) is 3.79. The number of hydrogen-bond acceptors (Lipinski definition) is 3. The summed E-state index contributed by atoms with van der Waals surface area (Å²) in [6, 6.07) is 0. The van der Waals surface area contributed by atoms with Crippen LogP contribution in [0.3, 0.4) is 0 Å². The molecule has 0 radical (unpaired) electrons. The van der Waals surface area contributed by atoms with E-state index in [2.05, 4.69) is 6.92 Å². The van der Waals surface area contributed by atoms with Crippen molar-refractivity contribution < 1.29 is 14.2 Å². The van der Waals surface area contributed by atoms with Crippen molar-refractivity contribution in [2.75, 3.05) is 19.8 Å². The Hall–Kier alpha value is -0.120. The molecule has 1 rings (SSSR count). The highest BCUT2D eigenvalue weighted by Gasteiger charge is 2.18. The highest BCUT2D eigenvalue weighted by Crippen LogP contribution is 2.08. The topological polar surface area (TPSA) is 27.7 Å². The molecule has 1 fully saturated rings. The van der Waals surface area contributed by atoms with Crippen LogP contribution in [-0.2, 0) is 14.2 Å². The fraction of sp³-hybridized carbons (Fsp3) is 1.00. The second-order valence-electron chi connectivity index (χ2n) is 3.79. The highest BCUT2D eigenvalue weighted by molar-refractivity contribution is 4.60. The van der Waals surface area contributed by atoms with Gasteiger partial charge in [-0.2, -0.15) is 0 Å². The first-order valence-corrected chi connectivity index (χ1v) is 5.67. The average molecular weight is 202 g/mol. The zero-order valence-corrected chi connectivity index (χ0v) is 9.33. The molecule has 3 heteroatoms. The van der Waals surface area contributed by atoms with Gasteiger partial charge in [-0.3, -0.25) is 0 Å². The lowest BCUT2D eigenvalue weighted by molar-refractivity contribution is -0.218. The maximum atomic E-state index is 5.63. The summed E-state index contributed by atoms with van der Waals surface area (Å²) in [4.78, 5) is 0. The quantitative estimate of drug-likeness (QED) is 0.619. The lowest BCUT2D eigenvalue weighted by atomic mass is 10.2. The normalized spacial score (nSPS) is 27.9. The van der Waals surface area contributed by atoms with Crippen molar-refractivity contribution in [3.8, 4) is 0 Å². The van der Waals surface area contributed by atoms with Gasteiger partial charge in [0.1, 0.15) is 6.10 Å². The van der Waals surface area contributed by atoms with E-state index in [1.54, 1.807) is 0 Å². The Labute approximate surface area is 86.7 Å². The van der Waals surface area contributed by atoms with Crippen molar-refractivity contribution in [2.45, 2.75) is 51.9 Å². The molecule has 1 aliphatic heterocycles. The van der Waals surface area contributed by atoms with Gasteiger partial charge in [-0.1, -0.05) is 26.2 Å². The molecular weight excluding hydrogens is 180 g/mol. The van der Waals surface area contributed by atoms with Crippen molar-refractivity contribution in [3.63, 3.8) is 0 Å². The van der Waals surface area contributed by atoms with Crippen LogP contribution in [0.25, 0.3) is 0 Å². The minimum atomic E-state index is -0.0602. The lowest BCUT2D eigenvalue weighted by Gasteiger charge is -2.27. The Balaban J connectivity index is 1.91. The second kappa shape index (κ2) is 7.21. The van der Waals surface area contributed by atoms with E-state index in [1.165, 1.54) is 19.3 Å². The van der Waals surface area contributed by atoms with Gasteiger partial charge < -0.3 is 14.2 Å². The Bertz CT molecular complexity index is 130. The molecule has 0 unspecified atom stereocenters. The van der Waals surface area contributed by atoms with E-state index < -0.39 is 0 Å². The number of rotatable bonds is 6. The van der Waals surface area contributed by atoms with Crippen molar-refractivity contribution in [1.82, 2.24) is 0 Å². The van der Waals surface area contributed by atoms with Crippen LogP contribution in [-0.4, -0.2) is 32.2 Å². The van der Waals surface area contributed by atoms with Crippen molar-refractivity contribution in [3.05, 3.63) is 0 Å². The molecule has 1 heterocycles. The number of hydrogen-bond donors (Lipinski definition) is 0. The van der Waals surface area contributed by atoms with E-state index in [9.17, 15) is 0 Å². The maximum absolute atomic E-state index is 5.63. The first-order valence-electron chi connectivity index (χ1n) is 5.67. The van der Waals surface area contributed by atoms with Gasteiger partial charge in [-0.25, -0.2) is 0 Å². The Morgan fingerprint density at radius 2 is 1.86 bits per heavy atom. The molecule has 0 aromatic heterocycles. The van der Waals surface area contributed by atoms with Crippen LogP contribution in [0.15, 0.2) is 0 Å². The molecule has 14 heavy (non-hydrogen) atoms. The summed E-state index contributed by atoms with van der Waals surface area (Å²) in [5.41, 5.74) is 0. The third-order valence-corrected chi connectivity index (χ3v) is 2.39. The fourth-order valence-electron chi connectivity index (χ4n) is 1.46. The van der Waals surface area contributed by atoms with E-state index in [0.29, 0.717) is 13.2 Å². The minimum absolute atomic E-state index is 0.0602. The molecule has 0 aromatic carbocycles. The largest absolute Gasteiger partial charge is 0.373 e. The molecule has 0 aliphatic carbocycles. The van der Waals surface area contributed by atoms with Gasteiger partial charge in [0.2, 0.25) is 0 Å². The third-order valence-electron chi connectivity index (χ3n) is 2.39. The van der Waals surface area contributed by atoms with Crippen LogP contribution in [0, 0.1) is 0 Å². The number of ether oxygens (including phenoxy) is 3. The van der Waals surface area contributed by atoms with E-state index in [0.717, 1.165) is 13.0 Å². The van der Waals surface area contributed by atoms with Crippen LogP contribution in [0.5, 0.6) is 0 Å². The van der Waals surface area contributed by atoms with Crippen molar-refractivity contribution in [2.24, 2.45) is 0 Å². The summed E-state index contributed by atoms with van der Waals surface area (Å²) in [5, 5.41) is 0. The molecule has 1 aliphatic rings. The molecule has 0 amide bonds. The summed E-state index contributed by atoms with van der Waals surface area (Å²) in [6.07, 6.45) is 5.08. The van der Waals surface area contributed by atoms with Gasteiger partial charge in [0.05, 0.1) is 13.2 Å². The standard InChI is InChI=1S/C11H22O3/c1-3-4-5-6-7-12-11-8-13-10(2)14-9-11/h10-11H,3-9H2,1-2H3. The van der Waals surface area contributed by atoms with Gasteiger partial charge >= 0.3 is 0 Å². The molecule has 0 aromatic rings. The summed E-state index contributed by atoms with van der Waals surface area (Å²) >= 11 is 0. The minimum Gasteiger partial charge on any atom is -0.373 e. The van der Waals surface area contributed by atoms with Gasteiger partial charge in [-0.05, 0) is 13.3 Å². The van der Waals surface area contributed by atoms with Gasteiger partial charge in [0.15, 0.2) is 6.29 Å². The van der Waals surface area contributed by atoms with Gasteiger partial charge in [0, 0.05) is 6.61 Å². The van der Waals surface area contributed by atoms with E-state index in [1.807, 2.05) is 6.92 Å². The Kier molecular flexibility index (Phi) is 6.15. The van der Waals surface area contributed by atoms with Crippen LogP contribution >= 0.6 is 0 Å². The molecule has 0 atom stereocenters. The molecule has 0 N–H and O–H groups in total. The predicted octanol–water partition coefficient (Wildman–Crippen LogP) is 2.34. The molecule has 0 saturated carbocycles. The monoisotopic (exact) mass is 202 g/mol. The molecular formula is C11H22O3. The van der Waals surface area contributed by atoms with Crippen molar-refractivity contribution in [1.29, 1.82) is 0 Å². The molecule has 0 bridgehead atoms. The van der Waals surface area contributed by atoms with E-state index in [4.69, 9.17) is 14.2 Å². The highest BCUT2D eigenvalue weighted by atomic mass is 16.7. The fourth-order valence-corrected chi connectivity index (χ4v) is 1.46. The van der Waals surface area contributed by atoms with Gasteiger partial charge in [0.25, 0.3) is 0 Å². The Morgan fingerprint density at radius 1 is 1.14 bits per heavy atom. The SMILES string of the molecule is CCCCCCOC1COC(C)OC1. The summed E-state index contributed by atoms with van der Waals surface area (Å²) in [6.45, 7) is 6.32. The Morgan fingerprint density at radius 3 is 2.50 bits per heavy atom. The molecule has 1 saturated heterocycles. The van der Waals surface area contributed by atoms with E-state index in [-0.39, 0.29) is 12.4 Å². The molecule has 0 spiro atoms. The summed E-state index contributed by atoms with van der Waals surface area (Å²) < 4.78 is 16.3. The summed E-state index contributed by atoms with van der Waals surface area (Å²) in [7, 11) is 0. The number of unbranched alkanes of at least 4 members (excludes halogenated alkanes) is 3. The molecule has 3 nitrogen and oxygen atoms in total. The van der Waals surface area contributed by atoms with Crippen molar-refractivity contribution >= 4 is 0 Å². The lowest BCUT2D eigenvalue weighted by Crippen LogP contribution is -2.36. The van der Waals surface area contributed by atoms with Crippen LogP contribution < -0.4 is 0 Å². The van der Waals surface area contributed by atoms with E-state index >= 15 is 0 Å². The first kappa shape index (κ1) is 12.0. The third kappa shape index (κ3) is 4.94. The maximum Gasteiger partial charge on any atom is 0.155 e. The summed E-state index contributed by atoms with van der Waals surface area (Å²) in [5.74, 6) is 0. The zero-order valence-electron chi connectivity index (χ0n) is 9.33. The van der Waals surface area contributed by atoms with Crippen LogP contribution in [0.1, 0.15) is 39.5 Å².